The van der Waals surface area contributed by atoms with Crippen LogP contribution in [-0.4, -0.2) is 6.21 Å². The summed E-state index contributed by atoms with van der Waals surface area (Å²) < 4.78 is 0. The molecule has 0 amide bonds. The molecule has 0 aromatic heterocycles. The van der Waals surface area contributed by atoms with Crippen LogP contribution < -0.4 is 10.3 Å². The zero-order valence-corrected chi connectivity index (χ0v) is 9.51. The molecule has 0 bridgehead atoms. The molecular weight excluding hydrogens is 208 g/mol. The number of para-hydroxylation sites is 2. The van der Waals surface area contributed by atoms with Gasteiger partial charge in [-0.05, 0) is 12.1 Å². The summed E-state index contributed by atoms with van der Waals surface area (Å²) in [5.74, 6) is 0. The number of allylic oxidation sites excluding steroid dienone is 1. The predicted octanol–water partition coefficient (Wildman–Crippen LogP) is 2.10. The maximum Gasteiger partial charge on any atom is 0.203 e. The molecule has 2 aromatic rings. The highest BCUT2D eigenvalue weighted by molar-refractivity contribution is 5.67. The van der Waals surface area contributed by atoms with Gasteiger partial charge in [0, 0.05) is 30.1 Å². The minimum atomic E-state index is 1.08. The Hall–Kier alpha value is -2.35. The summed E-state index contributed by atoms with van der Waals surface area (Å²) in [6, 6.07) is 20.1. The molecule has 2 aromatic carbocycles. The van der Waals surface area contributed by atoms with E-state index in [1.165, 1.54) is 0 Å². The van der Waals surface area contributed by atoms with Gasteiger partial charge in [-0.3, -0.25) is 0 Å². The van der Waals surface area contributed by atoms with E-state index in [9.17, 15) is 0 Å². The standard InChI is InChI=1S/C15H14N2/c1-3-8-14(9-4-1)16-12-7-13-17-15-10-5-2-6-11-15/h1-13,16H/p+1/b12-7-,17-13?. The van der Waals surface area contributed by atoms with Gasteiger partial charge in [0.25, 0.3) is 0 Å². The van der Waals surface area contributed by atoms with E-state index in [4.69, 9.17) is 0 Å². The Labute approximate surface area is 101 Å². The van der Waals surface area contributed by atoms with Crippen molar-refractivity contribution in [1.29, 1.82) is 0 Å². The van der Waals surface area contributed by atoms with Crippen molar-refractivity contribution in [2.45, 2.75) is 0 Å². The van der Waals surface area contributed by atoms with Gasteiger partial charge in [-0.25, -0.2) is 4.99 Å². The van der Waals surface area contributed by atoms with E-state index in [-0.39, 0.29) is 0 Å². The summed E-state index contributed by atoms with van der Waals surface area (Å²) in [4.78, 5) is 3.18. The van der Waals surface area contributed by atoms with E-state index in [1.807, 2.05) is 79.2 Å². The lowest BCUT2D eigenvalue weighted by molar-refractivity contribution is -0.346. The minimum Gasteiger partial charge on any atom is -0.361 e. The van der Waals surface area contributed by atoms with Gasteiger partial charge in [0.15, 0.2) is 6.21 Å². The Bertz CT molecular complexity index is 487. The van der Waals surface area contributed by atoms with Crippen molar-refractivity contribution in [2.24, 2.45) is 0 Å². The maximum atomic E-state index is 3.18. The van der Waals surface area contributed by atoms with E-state index in [0.717, 1.165) is 11.4 Å². The molecule has 2 rings (SSSR count). The van der Waals surface area contributed by atoms with Gasteiger partial charge in [0.2, 0.25) is 5.69 Å². The van der Waals surface area contributed by atoms with E-state index in [1.54, 1.807) is 0 Å². The summed E-state index contributed by atoms with van der Waals surface area (Å²) in [5, 5.41) is 3.18. The number of hydrogen-bond donors (Lipinski definition) is 2. The summed E-state index contributed by atoms with van der Waals surface area (Å²) in [7, 11) is 0. The fraction of sp³-hybridized carbons (Fsp3) is 0. The van der Waals surface area contributed by atoms with Crippen LogP contribution in [0.15, 0.2) is 72.9 Å². The molecule has 0 fully saturated rings. The summed E-state index contributed by atoms with van der Waals surface area (Å²) in [5.41, 5.74) is 2.16. The molecule has 0 aliphatic carbocycles. The van der Waals surface area contributed by atoms with Gasteiger partial charge in [0.1, 0.15) is 0 Å². The number of rotatable bonds is 4. The maximum absolute atomic E-state index is 3.18. The van der Waals surface area contributed by atoms with Crippen LogP contribution in [-0.2, 0) is 0 Å². The first-order valence-corrected chi connectivity index (χ1v) is 5.57. The second-order valence-corrected chi connectivity index (χ2v) is 3.55. The average Bonchev–Trinajstić information content (AvgIpc) is 2.41. The Kier molecular flexibility index (Phi) is 4.12. The monoisotopic (exact) mass is 223 g/mol. The molecular formula is C15H15N2+. The van der Waals surface area contributed by atoms with Crippen LogP contribution in [0.5, 0.6) is 0 Å². The molecule has 0 atom stereocenters. The average molecular weight is 223 g/mol. The van der Waals surface area contributed by atoms with Crippen LogP contribution in [0.1, 0.15) is 0 Å². The molecule has 2 N–H and O–H groups in total. The molecule has 0 spiro atoms. The second-order valence-electron chi connectivity index (χ2n) is 3.55. The Morgan fingerprint density at radius 2 is 1.47 bits per heavy atom. The Morgan fingerprint density at radius 1 is 0.824 bits per heavy atom. The Morgan fingerprint density at radius 3 is 2.18 bits per heavy atom. The first-order chi connectivity index (χ1) is 8.45. The van der Waals surface area contributed by atoms with Crippen molar-refractivity contribution in [2.75, 3.05) is 5.32 Å². The van der Waals surface area contributed by atoms with Crippen LogP contribution in [0.2, 0.25) is 0 Å². The highest BCUT2D eigenvalue weighted by atomic mass is 14.8. The molecule has 2 heteroatoms. The third-order valence-corrected chi connectivity index (χ3v) is 2.24. The predicted molar refractivity (Wildman–Crippen MR) is 72.3 cm³/mol. The number of hydrogen-bond acceptors (Lipinski definition) is 1. The summed E-state index contributed by atoms with van der Waals surface area (Å²) in [6.45, 7) is 0. The lowest BCUT2D eigenvalue weighted by atomic mass is 10.3. The quantitative estimate of drug-likeness (QED) is 0.763. The molecule has 0 saturated carbocycles. The van der Waals surface area contributed by atoms with Crippen molar-refractivity contribution >= 4 is 17.6 Å². The second kappa shape index (κ2) is 6.28. The summed E-state index contributed by atoms with van der Waals surface area (Å²) in [6.07, 6.45) is 5.72. The topological polar surface area (TPSA) is 26.0 Å². The normalized spacial score (nSPS) is 11.1. The zero-order chi connectivity index (χ0) is 11.8. The van der Waals surface area contributed by atoms with Gasteiger partial charge in [-0.1, -0.05) is 36.4 Å². The van der Waals surface area contributed by atoms with Gasteiger partial charge in [-0.15, -0.1) is 0 Å². The molecule has 17 heavy (non-hydrogen) atoms. The van der Waals surface area contributed by atoms with E-state index < -0.39 is 0 Å². The number of benzene rings is 2. The van der Waals surface area contributed by atoms with Gasteiger partial charge >= 0.3 is 0 Å². The number of nitrogens with one attached hydrogen (secondary N) is 2. The highest BCUT2D eigenvalue weighted by Crippen LogP contribution is 2.03. The Balaban J connectivity index is 1.85. The minimum absolute atomic E-state index is 1.08. The van der Waals surface area contributed by atoms with Crippen LogP contribution in [0.4, 0.5) is 11.4 Å². The molecule has 0 unspecified atom stereocenters. The van der Waals surface area contributed by atoms with Crippen molar-refractivity contribution in [3.05, 3.63) is 72.9 Å². The van der Waals surface area contributed by atoms with Crippen molar-refractivity contribution < 1.29 is 4.99 Å². The van der Waals surface area contributed by atoms with Crippen molar-refractivity contribution in [3.8, 4) is 0 Å². The molecule has 2 nitrogen and oxygen atoms in total. The highest BCUT2D eigenvalue weighted by Gasteiger charge is 1.88. The summed E-state index contributed by atoms with van der Waals surface area (Å²) >= 11 is 0. The molecule has 0 aliphatic heterocycles. The molecule has 0 radical (unpaired) electrons. The fourth-order valence-electron chi connectivity index (χ4n) is 1.41. The van der Waals surface area contributed by atoms with Crippen molar-refractivity contribution in [1.82, 2.24) is 0 Å². The third-order valence-electron chi connectivity index (χ3n) is 2.24. The zero-order valence-electron chi connectivity index (χ0n) is 9.51. The smallest absolute Gasteiger partial charge is 0.203 e. The van der Waals surface area contributed by atoms with Crippen LogP contribution >= 0.6 is 0 Å². The van der Waals surface area contributed by atoms with Crippen LogP contribution in [0, 0.1) is 0 Å². The lowest BCUT2D eigenvalue weighted by Gasteiger charge is -1.96. The SMILES string of the molecule is C(/C=C\Nc1ccccc1)=[NH+]c1ccccc1. The lowest BCUT2D eigenvalue weighted by Crippen LogP contribution is -2.60. The van der Waals surface area contributed by atoms with Gasteiger partial charge in [0.05, 0.1) is 0 Å². The van der Waals surface area contributed by atoms with E-state index in [0.29, 0.717) is 0 Å². The van der Waals surface area contributed by atoms with Gasteiger partial charge in [-0.2, -0.15) is 0 Å². The van der Waals surface area contributed by atoms with E-state index in [2.05, 4.69) is 10.3 Å². The third kappa shape index (κ3) is 3.95. The van der Waals surface area contributed by atoms with E-state index >= 15 is 0 Å². The largest absolute Gasteiger partial charge is 0.361 e. The first-order valence-electron chi connectivity index (χ1n) is 5.57. The first kappa shape index (κ1) is 11.1. The fourth-order valence-corrected chi connectivity index (χ4v) is 1.41. The van der Waals surface area contributed by atoms with Gasteiger partial charge < -0.3 is 5.32 Å². The van der Waals surface area contributed by atoms with Crippen molar-refractivity contribution in [3.63, 3.8) is 0 Å². The number of anilines is 1. The molecule has 0 saturated heterocycles. The molecule has 0 aliphatic rings. The van der Waals surface area contributed by atoms with Crippen LogP contribution in [0.25, 0.3) is 0 Å². The molecule has 84 valence electrons. The van der Waals surface area contributed by atoms with Crippen LogP contribution in [0.3, 0.4) is 0 Å². The molecule has 0 heterocycles.